The van der Waals surface area contributed by atoms with Gasteiger partial charge in [0.25, 0.3) is 0 Å². The summed E-state index contributed by atoms with van der Waals surface area (Å²) in [6, 6.07) is 0. The molecule has 0 aliphatic rings. The SMILES string of the molecule is C/C(=N\[Si](C)(C)C)O[Si](C)(C)C.C[Si](C)(C)Cl.C[Si](C)(C)n1ccnc1. The van der Waals surface area contributed by atoms with E-state index in [1.165, 1.54) is 0 Å². The molecule has 1 rings (SSSR count). The highest BCUT2D eigenvalue weighted by Crippen LogP contribution is 2.08. The summed E-state index contributed by atoms with van der Waals surface area (Å²) in [7, 11) is -5.03. The molecular formula is C17H42ClN3OSi4. The van der Waals surface area contributed by atoms with Gasteiger partial charge in [-0.05, 0) is 39.3 Å². The van der Waals surface area contributed by atoms with Crippen molar-refractivity contribution in [1.82, 2.24) is 9.22 Å². The number of aromatic nitrogens is 2. The number of hydrogen-bond acceptors (Lipinski definition) is 3. The minimum Gasteiger partial charge on any atom is -0.535 e. The lowest BCUT2D eigenvalue weighted by Crippen LogP contribution is -2.30. The van der Waals surface area contributed by atoms with Gasteiger partial charge in [-0.1, -0.05) is 39.3 Å². The van der Waals surface area contributed by atoms with Crippen molar-refractivity contribution in [3.8, 4) is 0 Å². The first-order chi connectivity index (χ1) is 11.2. The van der Waals surface area contributed by atoms with E-state index in [1.807, 2.05) is 25.6 Å². The van der Waals surface area contributed by atoms with E-state index in [0.29, 0.717) is 0 Å². The van der Waals surface area contributed by atoms with E-state index in [1.54, 1.807) is 0 Å². The second-order valence-electron chi connectivity index (χ2n) is 10.2. The average Bonchev–Trinajstić information content (AvgIpc) is 2.72. The Morgan fingerprint density at radius 2 is 1.35 bits per heavy atom. The lowest BCUT2D eigenvalue weighted by Gasteiger charge is -2.21. The van der Waals surface area contributed by atoms with Crippen LogP contribution in [-0.4, -0.2) is 47.3 Å². The molecule has 0 saturated heterocycles. The molecule has 0 bridgehead atoms. The number of halogens is 1. The molecule has 1 heterocycles. The molecule has 0 amide bonds. The highest BCUT2D eigenvalue weighted by atomic mass is 35.6. The molecule has 0 radical (unpaired) electrons. The first kappa shape index (κ1) is 28.1. The maximum atomic E-state index is 5.74. The second-order valence-corrected chi connectivity index (χ2v) is 31.6. The molecular weight excluding hydrogens is 410 g/mol. The molecule has 1 aromatic rings. The number of hydrogen-bond donors (Lipinski definition) is 0. The second kappa shape index (κ2) is 11.0. The Morgan fingerprint density at radius 3 is 1.54 bits per heavy atom. The fraction of sp³-hybridized carbons (Fsp3) is 0.765. The van der Waals surface area contributed by atoms with Gasteiger partial charge in [0.05, 0.1) is 6.33 Å². The van der Waals surface area contributed by atoms with E-state index in [-0.39, 0.29) is 0 Å². The summed E-state index contributed by atoms with van der Waals surface area (Å²) in [5.41, 5.74) is 0. The van der Waals surface area contributed by atoms with E-state index in [0.717, 1.165) is 5.90 Å². The Hall–Kier alpha value is -0.162. The van der Waals surface area contributed by atoms with Crippen LogP contribution in [0.15, 0.2) is 23.4 Å². The lowest BCUT2D eigenvalue weighted by molar-refractivity contribution is 0.549. The van der Waals surface area contributed by atoms with E-state index >= 15 is 0 Å². The van der Waals surface area contributed by atoms with Gasteiger partial charge >= 0.3 is 0 Å². The van der Waals surface area contributed by atoms with Gasteiger partial charge in [0, 0.05) is 19.3 Å². The summed E-state index contributed by atoms with van der Waals surface area (Å²) >= 11 is 5.67. The van der Waals surface area contributed by atoms with Crippen LogP contribution >= 0.6 is 11.1 Å². The molecule has 26 heavy (non-hydrogen) atoms. The van der Waals surface area contributed by atoms with Gasteiger partial charge in [0.15, 0.2) is 22.4 Å². The van der Waals surface area contributed by atoms with Gasteiger partial charge < -0.3 is 8.66 Å². The van der Waals surface area contributed by atoms with Crippen molar-refractivity contribution in [3.63, 3.8) is 0 Å². The quantitative estimate of drug-likeness (QED) is 0.221. The molecule has 4 nitrogen and oxygen atoms in total. The highest BCUT2D eigenvalue weighted by molar-refractivity contribution is 7.18. The molecule has 0 unspecified atom stereocenters. The molecule has 0 fully saturated rings. The Labute approximate surface area is 171 Å². The van der Waals surface area contributed by atoms with Gasteiger partial charge in [-0.25, -0.2) is 4.98 Å². The van der Waals surface area contributed by atoms with Crippen molar-refractivity contribution in [3.05, 3.63) is 18.7 Å². The molecule has 0 aliphatic heterocycles. The number of imidazole rings is 1. The summed E-state index contributed by atoms with van der Waals surface area (Å²) in [4.78, 5) is 3.99. The van der Waals surface area contributed by atoms with Gasteiger partial charge in [0.2, 0.25) is 8.32 Å². The van der Waals surface area contributed by atoms with E-state index in [9.17, 15) is 0 Å². The minimum absolute atomic E-state index is 0.883. The molecule has 0 aromatic carbocycles. The number of nitrogens with zero attached hydrogens (tertiary/aromatic N) is 3. The monoisotopic (exact) mass is 451 g/mol. The molecule has 0 atom stereocenters. The first-order valence-electron chi connectivity index (χ1n) is 9.13. The van der Waals surface area contributed by atoms with Gasteiger partial charge in [0.1, 0.15) is 7.38 Å². The maximum Gasteiger partial charge on any atom is 0.243 e. The van der Waals surface area contributed by atoms with Crippen LogP contribution in [0, 0.1) is 0 Å². The Morgan fingerprint density at radius 1 is 0.923 bits per heavy atom. The topological polar surface area (TPSA) is 39.4 Å². The number of rotatable bonds is 3. The molecule has 1 aromatic heterocycles. The zero-order valence-corrected chi connectivity index (χ0v) is 24.1. The molecule has 0 N–H and O–H groups in total. The van der Waals surface area contributed by atoms with Gasteiger partial charge in [-0.2, -0.15) is 11.1 Å². The van der Waals surface area contributed by atoms with Gasteiger partial charge in [-0.15, -0.1) is 0 Å². The predicted octanol–water partition coefficient (Wildman–Crippen LogP) is 6.72. The Balaban J connectivity index is 0. The lowest BCUT2D eigenvalue weighted by atomic mass is 10.8. The summed E-state index contributed by atoms with van der Waals surface area (Å²) < 4.78 is 12.5. The Bertz CT molecular complexity index is 516. The molecule has 0 aliphatic carbocycles. The van der Waals surface area contributed by atoms with Crippen molar-refractivity contribution in [1.29, 1.82) is 0 Å². The van der Waals surface area contributed by atoms with Crippen LogP contribution in [-0.2, 0) is 4.43 Å². The largest absolute Gasteiger partial charge is 0.535 e. The van der Waals surface area contributed by atoms with Crippen molar-refractivity contribution in [2.45, 2.75) is 85.5 Å². The van der Waals surface area contributed by atoms with E-state index < -0.39 is 32.2 Å². The maximum absolute atomic E-state index is 5.74. The minimum atomic E-state index is -1.43. The third-order valence-corrected chi connectivity index (χ3v) is 5.93. The first-order valence-corrected chi connectivity index (χ1v) is 23.9. The Kier molecular flexibility index (Phi) is 11.9. The molecule has 0 saturated carbocycles. The van der Waals surface area contributed by atoms with Crippen molar-refractivity contribution >= 4 is 49.1 Å². The van der Waals surface area contributed by atoms with Crippen LogP contribution in [0.4, 0.5) is 0 Å². The van der Waals surface area contributed by atoms with E-state index in [2.05, 4.69) is 92.4 Å². The standard InChI is InChI=1S/C8H21NOSi2.C6H12N2Si.C3H9ClSi/c1-8(9-11(2,3)4)10-12(5,6)7;1-9(2,3)8-5-4-7-6-8;1-5(2,3)4/h1-7H3;4-6H,1-3H3;1-3H3/b9-8+;;. The highest BCUT2D eigenvalue weighted by Gasteiger charge is 2.18. The van der Waals surface area contributed by atoms with Crippen molar-refractivity contribution < 1.29 is 4.43 Å². The zero-order valence-electron chi connectivity index (χ0n) is 19.4. The van der Waals surface area contributed by atoms with Crippen LogP contribution < -0.4 is 0 Å². The molecule has 0 spiro atoms. The van der Waals surface area contributed by atoms with Crippen LogP contribution in [0.25, 0.3) is 0 Å². The van der Waals surface area contributed by atoms with Crippen LogP contribution in [0.2, 0.25) is 78.6 Å². The summed E-state index contributed by atoms with van der Waals surface area (Å²) in [6.07, 6.45) is 5.76. The van der Waals surface area contributed by atoms with E-state index in [4.69, 9.17) is 15.5 Å². The third-order valence-electron chi connectivity index (χ3n) is 2.23. The van der Waals surface area contributed by atoms with Crippen LogP contribution in [0.3, 0.4) is 0 Å². The fourth-order valence-corrected chi connectivity index (χ4v) is 4.53. The summed E-state index contributed by atoms with van der Waals surface area (Å²) in [5.74, 6) is 0.883. The molecule has 9 heteroatoms. The third kappa shape index (κ3) is 23.8. The fourth-order valence-electron chi connectivity index (χ4n) is 1.59. The smallest absolute Gasteiger partial charge is 0.243 e. The summed E-state index contributed by atoms with van der Waals surface area (Å²) in [6.45, 7) is 28.3. The van der Waals surface area contributed by atoms with Crippen molar-refractivity contribution in [2.24, 2.45) is 4.66 Å². The van der Waals surface area contributed by atoms with Crippen LogP contribution in [0.5, 0.6) is 0 Å². The zero-order chi connectivity index (χ0) is 21.4. The normalized spacial score (nSPS) is 13.2. The van der Waals surface area contributed by atoms with Crippen LogP contribution in [0.1, 0.15) is 6.92 Å². The molecule has 154 valence electrons. The predicted molar refractivity (Wildman–Crippen MR) is 131 cm³/mol. The average molecular weight is 452 g/mol. The summed E-state index contributed by atoms with van der Waals surface area (Å²) in [5, 5.41) is 0. The van der Waals surface area contributed by atoms with Crippen molar-refractivity contribution in [2.75, 3.05) is 0 Å². The van der Waals surface area contributed by atoms with Gasteiger partial charge in [-0.3, -0.25) is 4.66 Å².